The van der Waals surface area contributed by atoms with Crippen molar-refractivity contribution in [2.24, 2.45) is 0 Å². The van der Waals surface area contributed by atoms with Gasteiger partial charge in [0, 0.05) is 30.9 Å². The predicted molar refractivity (Wildman–Crippen MR) is 118 cm³/mol. The zero-order valence-electron chi connectivity index (χ0n) is 18.0. The largest absolute Gasteiger partial charge is 0.497 e. The molecule has 1 fully saturated rings. The highest BCUT2D eigenvalue weighted by molar-refractivity contribution is 5.93. The van der Waals surface area contributed by atoms with E-state index in [2.05, 4.69) is 32.7 Å². The van der Waals surface area contributed by atoms with E-state index in [1.807, 2.05) is 43.3 Å². The molecule has 162 valence electrons. The van der Waals surface area contributed by atoms with Crippen LogP contribution in [-0.2, 0) is 0 Å². The van der Waals surface area contributed by atoms with Crippen LogP contribution >= 0.6 is 0 Å². The number of rotatable bonds is 6. The van der Waals surface area contributed by atoms with Gasteiger partial charge in [0.1, 0.15) is 11.5 Å². The van der Waals surface area contributed by atoms with Crippen LogP contribution in [-0.4, -0.2) is 54.3 Å². The second-order valence-electron chi connectivity index (χ2n) is 7.57. The van der Waals surface area contributed by atoms with Crippen molar-refractivity contribution in [3.8, 4) is 17.2 Å². The smallest absolute Gasteiger partial charge is 0.273 e. The fourth-order valence-electron chi connectivity index (χ4n) is 3.86. The lowest BCUT2D eigenvalue weighted by Gasteiger charge is -2.34. The van der Waals surface area contributed by atoms with E-state index in [9.17, 15) is 4.79 Å². The van der Waals surface area contributed by atoms with Crippen molar-refractivity contribution in [3.63, 3.8) is 0 Å². The van der Waals surface area contributed by atoms with Crippen molar-refractivity contribution in [1.82, 2.24) is 20.3 Å². The summed E-state index contributed by atoms with van der Waals surface area (Å²) in [5.41, 5.74) is 3.01. The topological polar surface area (TPSA) is 81.5 Å². The van der Waals surface area contributed by atoms with Gasteiger partial charge in [0.05, 0.1) is 25.6 Å². The molecule has 1 aliphatic heterocycles. The van der Waals surface area contributed by atoms with Gasteiger partial charge < -0.3 is 19.7 Å². The third-order valence-electron chi connectivity index (χ3n) is 5.68. The Morgan fingerprint density at radius 3 is 2.39 bits per heavy atom. The van der Waals surface area contributed by atoms with E-state index in [0.29, 0.717) is 11.4 Å². The van der Waals surface area contributed by atoms with Crippen molar-refractivity contribution >= 4 is 11.6 Å². The average molecular weight is 422 g/mol. The molecule has 0 bridgehead atoms. The van der Waals surface area contributed by atoms with Crippen LogP contribution in [0.15, 0.2) is 48.5 Å². The van der Waals surface area contributed by atoms with E-state index >= 15 is 0 Å². The minimum atomic E-state index is -0.186. The maximum Gasteiger partial charge on any atom is 0.273 e. The summed E-state index contributed by atoms with van der Waals surface area (Å²) in [5.74, 6) is 1.39. The summed E-state index contributed by atoms with van der Waals surface area (Å²) in [7, 11) is 3.28. The summed E-state index contributed by atoms with van der Waals surface area (Å²) < 4.78 is 12.2. The molecule has 1 saturated heterocycles. The van der Waals surface area contributed by atoms with Gasteiger partial charge in [-0.1, -0.05) is 11.3 Å². The molecule has 31 heavy (non-hydrogen) atoms. The molecule has 1 amide bonds. The molecule has 0 spiro atoms. The molecule has 4 rings (SSSR count). The minimum absolute atomic E-state index is 0.114. The number of nitrogens with one attached hydrogen (secondary N) is 1. The number of aromatic nitrogens is 3. The highest BCUT2D eigenvalue weighted by Gasteiger charge is 2.24. The second-order valence-corrected chi connectivity index (χ2v) is 7.57. The normalized spacial score (nSPS) is 14.4. The number of amides is 1. The number of piperidine rings is 1. The Bertz CT molecular complexity index is 1040. The zero-order chi connectivity index (χ0) is 21.8. The lowest BCUT2D eigenvalue weighted by molar-refractivity contribution is 0.0925. The fraction of sp³-hybridized carbons (Fsp3) is 0.348. The molecule has 0 atom stereocenters. The number of nitrogens with zero attached hydrogens (tertiary/aromatic N) is 4. The monoisotopic (exact) mass is 421 g/mol. The molecule has 3 aromatic rings. The Labute approximate surface area is 181 Å². The summed E-state index contributed by atoms with van der Waals surface area (Å²) in [6, 6.07) is 15.7. The quantitative estimate of drug-likeness (QED) is 0.659. The molecule has 8 nitrogen and oxygen atoms in total. The van der Waals surface area contributed by atoms with Gasteiger partial charge in [-0.15, -0.1) is 5.10 Å². The number of benzene rings is 2. The van der Waals surface area contributed by atoms with Crippen LogP contribution in [0.25, 0.3) is 5.69 Å². The van der Waals surface area contributed by atoms with Gasteiger partial charge in [-0.2, -0.15) is 0 Å². The average Bonchev–Trinajstić information content (AvgIpc) is 3.21. The number of hydrogen-bond donors (Lipinski definition) is 1. The number of hydrogen-bond acceptors (Lipinski definition) is 6. The Morgan fingerprint density at radius 1 is 1.00 bits per heavy atom. The molecule has 0 unspecified atom stereocenters. The SMILES string of the molecule is COc1ccc(N2CCC(NC(=O)c3nnn(-c4cccc(OC)c4)c3C)CC2)cc1. The standard InChI is InChI=1S/C23H27N5O3/c1-16-22(25-26-28(16)19-5-4-6-21(15-19)31-3)23(29)24-17-11-13-27(14-12-17)18-7-9-20(30-2)10-8-18/h4-10,15,17H,11-14H2,1-3H3,(H,24,29). The van der Waals surface area contributed by atoms with E-state index < -0.39 is 0 Å². The lowest BCUT2D eigenvalue weighted by atomic mass is 10.0. The van der Waals surface area contributed by atoms with Crippen LogP contribution in [0.5, 0.6) is 11.5 Å². The molecule has 2 heterocycles. The maximum atomic E-state index is 12.8. The van der Waals surface area contributed by atoms with Gasteiger partial charge in [0.2, 0.25) is 0 Å². The zero-order valence-corrected chi connectivity index (χ0v) is 18.0. The summed E-state index contributed by atoms with van der Waals surface area (Å²) in [4.78, 5) is 15.2. The molecule has 0 radical (unpaired) electrons. The molecule has 1 aromatic heterocycles. The van der Waals surface area contributed by atoms with Crippen molar-refractivity contribution < 1.29 is 14.3 Å². The van der Waals surface area contributed by atoms with E-state index in [-0.39, 0.29) is 11.9 Å². The maximum absolute atomic E-state index is 12.8. The lowest BCUT2D eigenvalue weighted by Crippen LogP contribution is -2.45. The van der Waals surface area contributed by atoms with Gasteiger partial charge in [0.15, 0.2) is 5.69 Å². The predicted octanol–water partition coefficient (Wildman–Crippen LogP) is 2.99. The first-order chi connectivity index (χ1) is 15.1. The fourth-order valence-corrected chi connectivity index (χ4v) is 3.86. The van der Waals surface area contributed by atoms with Crippen LogP contribution in [0.3, 0.4) is 0 Å². The Morgan fingerprint density at radius 2 is 1.71 bits per heavy atom. The van der Waals surface area contributed by atoms with Gasteiger partial charge in [-0.3, -0.25) is 4.79 Å². The third kappa shape index (κ3) is 4.47. The van der Waals surface area contributed by atoms with E-state index in [1.165, 1.54) is 5.69 Å². The number of ether oxygens (including phenoxy) is 2. The van der Waals surface area contributed by atoms with Crippen LogP contribution in [0.1, 0.15) is 29.0 Å². The summed E-state index contributed by atoms with van der Waals surface area (Å²) in [6.45, 7) is 3.61. The number of anilines is 1. The van der Waals surface area contributed by atoms with Crippen LogP contribution in [0.2, 0.25) is 0 Å². The van der Waals surface area contributed by atoms with Crippen molar-refractivity contribution in [2.75, 3.05) is 32.2 Å². The molecule has 1 N–H and O–H groups in total. The van der Waals surface area contributed by atoms with Gasteiger partial charge in [-0.25, -0.2) is 4.68 Å². The number of methoxy groups -OCH3 is 2. The van der Waals surface area contributed by atoms with Crippen LogP contribution in [0, 0.1) is 6.92 Å². The molecule has 0 aliphatic carbocycles. The van der Waals surface area contributed by atoms with Gasteiger partial charge in [-0.05, 0) is 56.2 Å². The minimum Gasteiger partial charge on any atom is -0.497 e. The summed E-state index contributed by atoms with van der Waals surface area (Å²) >= 11 is 0. The van der Waals surface area contributed by atoms with Crippen LogP contribution < -0.4 is 19.7 Å². The van der Waals surface area contributed by atoms with Gasteiger partial charge >= 0.3 is 0 Å². The van der Waals surface area contributed by atoms with E-state index in [1.54, 1.807) is 18.9 Å². The third-order valence-corrected chi connectivity index (χ3v) is 5.68. The molecule has 1 aliphatic rings. The van der Waals surface area contributed by atoms with E-state index in [4.69, 9.17) is 9.47 Å². The Balaban J connectivity index is 1.37. The van der Waals surface area contributed by atoms with Gasteiger partial charge in [0.25, 0.3) is 5.91 Å². The highest BCUT2D eigenvalue weighted by atomic mass is 16.5. The molecular weight excluding hydrogens is 394 g/mol. The Kier molecular flexibility index (Phi) is 6.06. The van der Waals surface area contributed by atoms with Crippen molar-refractivity contribution in [2.45, 2.75) is 25.8 Å². The van der Waals surface area contributed by atoms with Crippen molar-refractivity contribution in [1.29, 1.82) is 0 Å². The first-order valence-corrected chi connectivity index (χ1v) is 10.4. The first-order valence-electron chi connectivity index (χ1n) is 10.4. The summed E-state index contributed by atoms with van der Waals surface area (Å²) in [6.07, 6.45) is 1.75. The second kappa shape index (κ2) is 9.07. The molecule has 0 saturated carbocycles. The molecule has 2 aromatic carbocycles. The summed E-state index contributed by atoms with van der Waals surface area (Å²) in [5, 5.41) is 11.4. The molecular formula is C23H27N5O3. The van der Waals surface area contributed by atoms with Crippen LogP contribution in [0.4, 0.5) is 5.69 Å². The number of carbonyl (C=O) groups excluding carboxylic acids is 1. The Hall–Kier alpha value is -3.55. The number of carbonyl (C=O) groups is 1. The van der Waals surface area contributed by atoms with E-state index in [0.717, 1.165) is 43.1 Å². The first kappa shape index (κ1) is 20.7. The van der Waals surface area contributed by atoms with Crippen molar-refractivity contribution in [3.05, 3.63) is 59.9 Å². The molecule has 8 heteroatoms. The highest BCUT2D eigenvalue weighted by Crippen LogP contribution is 2.23.